The van der Waals surface area contributed by atoms with Gasteiger partial charge in [-0.25, -0.2) is 4.79 Å². The van der Waals surface area contributed by atoms with E-state index in [2.05, 4.69) is 13.8 Å². The van der Waals surface area contributed by atoms with Gasteiger partial charge in [0.15, 0.2) is 11.6 Å². The summed E-state index contributed by atoms with van der Waals surface area (Å²) in [6, 6.07) is 4.23. The first kappa shape index (κ1) is 52.6. The highest BCUT2D eigenvalue weighted by Gasteiger charge is 2.66. The van der Waals surface area contributed by atoms with Gasteiger partial charge in [0.25, 0.3) is 11.5 Å². The van der Waals surface area contributed by atoms with E-state index in [1.807, 2.05) is 0 Å². The molecule has 0 amide bonds. The van der Waals surface area contributed by atoms with Crippen molar-refractivity contribution in [2.45, 2.75) is 237 Å². The summed E-state index contributed by atoms with van der Waals surface area (Å²) in [7, 11) is 0. The van der Waals surface area contributed by atoms with Gasteiger partial charge in [-0.1, -0.05) is 194 Å². The Labute approximate surface area is 349 Å². The largest absolute Gasteiger partial charge is 0.414 e. The molecule has 0 saturated heterocycles. The molecule has 0 fully saturated rings. The molecule has 0 aromatic heterocycles. The Kier molecular flexibility index (Phi) is 30.0. The first-order valence-electron chi connectivity index (χ1n) is 22.8. The summed E-state index contributed by atoms with van der Waals surface area (Å²) in [5, 5.41) is 46.3. The number of rotatable bonds is 39. The summed E-state index contributed by atoms with van der Waals surface area (Å²) in [6.45, 7) is 4.46. The minimum atomic E-state index is -3.50. The quantitative estimate of drug-likeness (QED) is 0.0146. The van der Waals surface area contributed by atoms with Crippen molar-refractivity contribution in [2.75, 3.05) is 0 Å². The molecule has 10 nitrogen and oxygen atoms in total. The van der Waals surface area contributed by atoms with E-state index < -0.39 is 39.4 Å². The lowest BCUT2D eigenvalue weighted by molar-refractivity contribution is -0.384. The van der Waals surface area contributed by atoms with Crippen LogP contribution in [0.3, 0.4) is 0 Å². The molecule has 1 aromatic rings. The normalized spacial score (nSPS) is 13.3. The van der Waals surface area contributed by atoms with Crippen LogP contribution in [0.2, 0.25) is 0 Å². The second kappa shape index (κ2) is 32.5. The number of hydrogen-bond donors (Lipinski definition) is 3. The summed E-state index contributed by atoms with van der Waals surface area (Å²) >= 11 is 5.51. The third-order valence-electron chi connectivity index (χ3n) is 11.4. The maximum Gasteiger partial charge on any atom is 0.406 e. The van der Waals surface area contributed by atoms with Crippen molar-refractivity contribution in [3.05, 3.63) is 39.9 Å². The van der Waals surface area contributed by atoms with Crippen LogP contribution >= 0.6 is 11.6 Å². The molecule has 0 aliphatic carbocycles. The van der Waals surface area contributed by atoms with Crippen molar-refractivity contribution >= 4 is 34.3 Å². The molecule has 11 heteroatoms. The minimum Gasteiger partial charge on any atom is -0.414 e. The lowest BCUT2D eigenvalue weighted by Gasteiger charge is -2.42. The van der Waals surface area contributed by atoms with Crippen molar-refractivity contribution < 1.29 is 39.4 Å². The van der Waals surface area contributed by atoms with Crippen LogP contribution < -0.4 is 0 Å². The lowest BCUT2D eigenvalue weighted by atomic mass is 9.76. The molecule has 0 heterocycles. The van der Waals surface area contributed by atoms with E-state index in [-0.39, 0.29) is 24.1 Å². The summed E-state index contributed by atoms with van der Waals surface area (Å²) in [4.78, 5) is 50.3. The van der Waals surface area contributed by atoms with Crippen LogP contribution in [0.15, 0.2) is 24.3 Å². The molecule has 0 aliphatic heterocycles. The van der Waals surface area contributed by atoms with E-state index in [1.54, 1.807) is 0 Å². The van der Waals surface area contributed by atoms with Gasteiger partial charge in [-0.15, -0.1) is 0 Å². The average Bonchev–Trinajstić information content (AvgIpc) is 3.19. The number of carbonyl (C=O) groups excluding carboxylic acids is 3. The zero-order chi connectivity index (χ0) is 42.2. The number of aliphatic hydroxyl groups excluding tert-OH is 1. The SMILES string of the molecule is CCCCCCCCCCCCCCCCCC(=O)C(O)(C(=O)CCCCCCCCCCCCCCCCC)C(O)(OC(=O)Cl)C(O)c1ccc([N+](=O)[O-])cc1. The van der Waals surface area contributed by atoms with Gasteiger partial charge in [0.2, 0.25) is 5.60 Å². The Hall–Kier alpha value is -2.40. The number of halogens is 1. The highest BCUT2D eigenvalue weighted by Crippen LogP contribution is 2.41. The zero-order valence-electron chi connectivity index (χ0n) is 35.6. The van der Waals surface area contributed by atoms with E-state index in [1.165, 1.54) is 116 Å². The maximum absolute atomic E-state index is 13.8. The number of Topliss-reactive ketones (excluding diaryl/α,β-unsaturated/α-hetero) is 2. The van der Waals surface area contributed by atoms with Crippen LogP contribution in [-0.4, -0.2) is 48.6 Å². The molecule has 0 saturated carbocycles. The number of nitrogens with zero attached hydrogens (tertiary/aromatic N) is 1. The fourth-order valence-corrected chi connectivity index (χ4v) is 7.80. The monoisotopic (exact) mass is 824 g/mol. The van der Waals surface area contributed by atoms with Crippen LogP contribution in [0.4, 0.5) is 10.5 Å². The Morgan fingerprint density at radius 2 is 0.860 bits per heavy atom. The average molecular weight is 825 g/mol. The molecule has 0 bridgehead atoms. The van der Waals surface area contributed by atoms with E-state index >= 15 is 0 Å². The molecule has 328 valence electrons. The fraction of sp³-hybridized carbons (Fsp3) is 0.804. The molecular weight excluding hydrogens is 746 g/mol. The number of unbranched alkanes of at least 4 members (excludes halogenated alkanes) is 28. The number of aliphatic hydroxyl groups is 3. The smallest absolute Gasteiger partial charge is 0.406 e. The van der Waals surface area contributed by atoms with E-state index in [4.69, 9.17) is 16.3 Å². The highest BCUT2D eigenvalue weighted by molar-refractivity contribution is 6.61. The third-order valence-corrected chi connectivity index (χ3v) is 11.4. The van der Waals surface area contributed by atoms with Crippen molar-refractivity contribution in [1.29, 1.82) is 0 Å². The molecule has 1 rings (SSSR count). The van der Waals surface area contributed by atoms with Crippen molar-refractivity contribution in [3.63, 3.8) is 0 Å². The van der Waals surface area contributed by atoms with Crippen molar-refractivity contribution in [1.82, 2.24) is 0 Å². The van der Waals surface area contributed by atoms with Gasteiger partial charge in [-0.2, -0.15) is 0 Å². The third kappa shape index (κ3) is 21.4. The van der Waals surface area contributed by atoms with Crippen LogP contribution in [0.1, 0.15) is 231 Å². The number of non-ortho nitro benzene ring substituents is 1. The van der Waals surface area contributed by atoms with Crippen molar-refractivity contribution in [3.8, 4) is 0 Å². The van der Waals surface area contributed by atoms with E-state index in [0.29, 0.717) is 25.7 Å². The number of hydrogen-bond acceptors (Lipinski definition) is 9. The zero-order valence-corrected chi connectivity index (χ0v) is 36.4. The molecule has 2 unspecified atom stereocenters. The Morgan fingerprint density at radius 1 is 0.579 bits per heavy atom. The first-order valence-corrected chi connectivity index (χ1v) is 23.2. The van der Waals surface area contributed by atoms with Gasteiger partial charge >= 0.3 is 5.43 Å². The second-order valence-corrected chi connectivity index (χ2v) is 16.6. The van der Waals surface area contributed by atoms with Crippen LogP contribution in [0.5, 0.6) is 0 Å². The van der Waals surface area contributed by atoms with Crippen LogP contribution in [-0.2, 0) is 14.3 Å². The van der Waals surface area contributed by atoms with E-state index in [0.717, 1.165) is 75.6 Å². The van der Waals surface area contributed by atoms with Gasteiger partial charge < -0.3 is 20.1 Å². The Balaban J connectivity index is 2.77. The number of nitro benzene ring substituents is 1. The van der Waals surface area contributed by atoms with Crippen molar-refractivity contribution in [2.24, 2.45) is 0 Å². The molecule has 3 N–H and O–H groups in total. The highest BCUT2D eigenvalue weighted by atomic mass is 35.5. The van der Waals surface area contributed by atoms with Gasteiger partial charge in [0.1, 0.15) is 6.10 Å². The maximum atomic E-state index is 13.8. The Morgan fingerprint density at radius 3 is 1.12 bits per heavy atom. The van der Waals surface area contributed by atoms with Gasteiger partial charge in [0.05, 0.1) is 4.92 Å². The molecule has 1 aromatic carbocycles. The Bertz CT molecular complexity index is 1180. The van der Waals surface area contributed by atoms with Crippen LogP contribution in [0.25, 0.3) is 0 Å². The first-order chi connectivity index (χ1) is 27.4. The molecular formula is C46H78ClNO9. The van der Waals surface area contributed by atoms with Gasteiger partial charge in [-0.05, 0) is 30.5 Å². The van der Waals surface area contributed by atoms with Gasteiger partial charge in [-0.3, -0.25) is 19.7 Å². The molecule has 0 spiro atoms. The number of benzene rings is 1. The summed E-state index contributed by atoms with van der Waals surface area (Å²) in [5.74, 6) is -5.68. The number of ether oxygens (including phenoxy) is 1. The molecule has 2 atom stereocenters. The van der Waals surface area contributed by atoms with E-state index in [9.17, 15) is 39.8 Å². The standard InChI is InChI=1S/C46H78ClNO9/c1-3-5-7-9-11-13-15-17-19-21-23-25-27-29-31-33-41(49)45(53,46(54,57-44(47)52)43(51)39-35-37-40(38-36-39)48(55)56)42(50)34-32-30-28-26-24-22-20-18-16-14-12-10-8-6-4-2/h35-38,43,51,53-54H,3-34H2,1-2H3. The number of ketones is 2. The second-order valence-electron chi connectivity index (χ2n) is 16.2. The van der Waals surface area contributed by atoms with Crippen LogP contribution in [0, 0.1) is 10.1 Å². The fourth-order valence-electron chi connectivity index (χ4n) is 7.68. The predicted octanol–water partition coefficient (Wildman–Crippen LogP) is 13.1. The lowest BCUT2D eigenvalue weighted by Crippen LogP contribution is -2.68. The topological polar surface area (TPSA) is 164 Å². The van der Waals surface area contributed by atoms with Gasteiger partial charge in [0, 0.05) is 36.6 Å². The minimum absolute atomic E-state index is 0.237. The molecule has 0 radical (unpaired) electrons. The number of carbonyl (C=O) groups is 3. The molecule has 57 heavy (non-hydrogen) atoms. The molecule has 0 aliphatic rings. The summed E-state index contributed by atoms with van der Waals surface area (Å²) in [5.41, 5.74) is -5.56. The number of nitro groups is 1. The summed E-state index contributed by atoms with van der Waals surface area (Å²) < 4.78 is 4.90. The predicted molar refractivity (Wildman–Crippen MR) is 229 cm³/mol. The summed E-state index contributed by atoms with van der Waals surface area (Å²) in [6.07, 6.45) is 30.3.